The normalized spacial score (nSPS) is 13.4. The van der Waals surface area contributed by atoms with Gasteiger partial charge in [0.2, 0.25) is 5.91 Å². The second-order valence-corrected chi connectivity index (χ2v) is 11.3. The van der Waals surface area contributed by atoms with E-state index >= 15 is 0 Å². The number of ether oxygens (including phenoxy) is 1. The van der Waals surface area contributed by atoms with Crippen molar-refractivity contribution in [2.24, 2.45) is 0 Å². The van der Waals surface area contributed by atoms with E-state index in [1.54, 1.807) is 57.2 Å². The number of aryl methyl sites for hydroxylation is 1. The van der Waals surface area contributed by atoms with Gasteiger partial charge in [-0.2, -0.15) is 12.6 Å². The van der Waals surface area contributed by atoms with E-state index in [9.17, 15) is 14.4 Å². The van der Waals surface area contributed by atoms with Crippen LogP contribution in [0, 0.1) is 6.92 Å². The summed E-state index contributed by atoms with van der Waals surface area (Å²) < 4.78 is 5.33. The van der Waals surface area contributed by atoms with Crippen LogP contribution in [-0.2, 0) is 14.3 Å². The molecular weight excluding hydrogens is 498 g/mol. The van der Waals surface area contributed by atoms with Gasteiger partial charge in [0, 0.05) is 11.3 Å². The second-order valence-electron chi connectivity index (χ2n) is 10.5. The van der Waals surface area contributed by atoms with Gasteiger partial charge in [0.25, 0.3) is 5.91 Å². The molecule has 0 heterocycles. The molecule has 0 radical (unpaired) electrons. The van der Waals surface area contributed by atoms with Crippen LogP contribution >= 0.6 is 24.2 Å². The molecule has 0 fully saturated rings. The maximum Gasteiger partial charge on any atom is 0.408 e. The largest absolute Gasteiger partial charge is 0.444 e. The first-order valence-electron chi connectivity index (χ1n) is 11.7. The third-order valence-electron chi connectivity index (χ3n) is 5.22. The molecule has 2 aromatic carbocycles. The lowest BCUT2D eigenvalue weighted by Gasteiger charge is -2.43. The number of para-hydroxylation sites is 1. The Morgan fingerprint density at radius 1 is 1.00 bits per heavy atom. The van der Waals surface area contributed by atoms with Gasteiger partial charge in [-0.3, -0.25) is 9.59 Å². The number of rotatable bonds is 7. The number of benzene rings is 2. The fourth-order valence-corrected chi connectivity index (χ4v) is 4.20. The van der Waals surface area contributed by atoms with Crippen LogP contribution in [0.3, 0.4) is 0 Å². The molecule has 0 aromatic heterocycles. The number of hydrogen-bond acceptors (Lipinski definition) is 5. The molecule has 2 aromatic rings. The molecule has 2 atom stereocenters. The molecular formula is C27H36ClN3O4S. The van der Waals surface area contributed by atoms with E-state index in [1.807, 2.05) is 39.8 Å². The van der Waals surface area contributed by atoms with E-state index in [4.69, 9.17) is 16.3 Å². The molecule has 0 spiro atoms. The van der Waals surface area contributed by atoms with Crippen molar-refractivity contribution in [3.05, 3.63) is 64.7 Å². The molecule has 3 amide bonds. The summed E-state index contributed by atoms with van der Waals surface area (Å²) in [5.74, 6) is -0.892. The van der Waals surface area contributed by atoms with Crippen molar-refractivity contribution in [1.82, 2.24) is 10.2 Å². The van der Waals surface area contributed by atoms with Gasteiger partial charge in [-0.15, -0.1) is 0 Å². The lowest BCUT2D eigenvalue weighted by Crippen LogP contribution is -2.58. The third-order valence-corrected chi connectivity index (χ3v) is 5.90. The molecule has 2 N–H and O–H groups in total. The van der Waals surface area contributed by atoms with Gasteiger partial charge in [0.1, 0.15) is 17.7 Å². The highest BCUT2D eigenvalue weighted by molar-refractivity contribution is 7.80. The van der Waals surface area contributed by atoms with Crippen molar-refractivity contribution in [3.63, 3.8) is 0 Å². The van der Waals surface area contributed by atoms with Crippen LogP contribution in [0.4, 0.5) is 10.5 Å². The number of nitrogens with zero attached hydrogens (tertiary/aromatic N) is 1. The van der Waals surface area contributed by atoms with Crippen molar-refractivity contribution >= 4 is 47.8 Å². The van der Waals surface area contributed by atoms with Crippen LogP contribution in [0.5, 0.6) is 0 Å². The van der Waals surface area contributed by atoms with Gasteiger partial charge in [0.05, 0.1) is 10.7 Å². The van der Waals surface area contributed by atoms with E-state index in [-0.39, 0.29) is 5.75 Å². The van der Waals surface area contributed by atoms with Gasteiger partial charge < -0.3 is 20.3 Å². The third kappa shape index (κ3) is 7.90. The molecule has 0 aliphatic heterocycles. The van der Waals surface area contributed by atoms with Crippen molar-refractivity contribution in [1.29, 1.82) is 0 Å². The van der Waals surface area contributed by atoms with E-state index in [2.05, 4.69) is 23.3 Å². The van der Waals surface area contributed by atoms with Crippen LogP contribution in [0.25, 0.3) is 0 Å². The van der Waals surface area contributed by atoms with E-state index in [1.165, 1.54) is 4.90 Å². The summed E-state index contributed by atoms with van der Waals surface area (Å²) in [5, 5.41) is 5.92. The monoisotopic (exact) mass is 533 g/mol. The molecule has 0 bridgehead atoms. The molecule has 0 aliphatic carbocycles. The van der Waals surface area contributed by atoms with Crippen LogP contribution in [0.2, 0.25) is 5.02 Å². The van der Waals surface area contributed by atoms with Crippen molar-refractivity contribution in [2.45, 2.75) is 71.7 Å². The number of amides is 3. The first kappa shape index (κ1) is 29.5. The highest BCUT2D eigenvalue weighted by Gasteiger charge is 2.41. The Kier molecular flexibility index (Phi) is 9.85. The highest BCUT2D eigenvalue weighted by atomic mass is 35.5. The summed E-state index contributed by atoms with van der Waals surface area (Å²) in [5.41, 5.74) is 0.330. The summed E-state index contributed by atoms with van der Waals surface area (Å²) in [7, 11) is 0. The number of carbonyl (C=O) groups is 3. The number of nitrogens with one attached hydrogen (secondary N) is 2. The van der Waals surface area contributed by atoms with E-state index in [0.29, 0.717) is 16.3 Å². The molecule has 2 rings (SSSR count). The topological polar surface area (TPSA) is 87.7 Å². The van der Waals surface area contributed by atoms with Gasteiger partial charge in [-0.05, 0) is 65.7 Å². The van der Waals surface area contributed by atoms with Crippen LogP contribution in [0.15, 0.2) is 48.5 Å². The van der Waals surface area contributed by atoms with Crippen molar-refractivity contribution in [3.8, 4) is 0 Å². The average molecular weight is 534 g/mol. The van der Waals surface area contributed by atoms with Crippen molar-refractivity contribution < 1.29 is 19.1 Å². The number of carbonyl (C=O) groups excluding carboxylic acids is 3. The number of hydrogen-bond donors (Lipinski definition) is 3. The highest BCUT2D eigenvalue weighted by Crippen LogP contribution is 2.33. The predicted octanol–water partition coefficient (Wildman–Crippen LogP) is 5.78. The molecule has 0 aliphatic rings. The molecule has 196 valence electrons. The minimum Gasteiger partial charge on any atom is -0.444 e. The lowest BCUT2D eigenvalue weighted by atomic mass is 9.95. The van der Waals surface area contributed by atoms with Crippen molar-refractivity contribution in [2.75, 3.05) is 11.1 Å². The Labute approximate surface area is 224 Å². The molecule has 2 unspecified atom stereocenters. The van der Waals surface area contributed by atoms with Crippen LogP contribution in [-0.4, -0.2) is 45.7 Å². The van der Waals surface area contributed by atoms with Gasteiger partial charge >= 0.3 is 6.09 Å². The molecule has 9 heteroatoms. The zero-order valence-electron chi connectivity index (χ0n) is 21.9. The van der Waals surface area contributed by atoms with Crippen LogP contribution in [0.1, 0.15) is 58.7 Å². The van der Waals surface area contributed by atoms with E-state index < -0.39 is 41.1 Å². The quantitative estimate of drug-likeness (QED) is 0.394. The Morgan fingerprint density at radius 3 is 2.11 bits per heavy atom. The smallest absolute Gasteiger partial charge is 0.408 e. The Bertz CT molecular complexity index is 1060. The number of anilines is 1. The predicted molar refractivity (Wildman–Crippen MR) is 148 cm³/mol. The number of halogens is 1. The Hall–Kier alpha value is -2.71. The minimum absolute atomic E-state index is 0.0113. The summed E-state index contributed by atoms with van der Waals surface area (Å²) >= 11 is 10.7. The first-order valence-corrected chi connectivity index (χ1v) is 12.7. The van der Waals surface area contributed by atoms with Gasteiger partial charge in [0.15, 0.2) is 0 Å². The number of thiol groups is 1. The summed E-state index contributed by atoms with van der Waals surface area (Å²) in [6.07, 6.45) is -0.740. The van der Waals surface area contributed by atoms with Gasteiger partial charge in [-0.1, -0.05) is 54.1 Å². The molecule has 0 saturated heterocycles. The fraction of sp³-hybridized carbons (Fsp3) is 0.444. The molecule has 36 heavy (non-hydrogen) atoms. The SMILES string of the molecule is Cc1cccc(Cl)c1NC(=O)C(c1ccccc1)N(C(=O)C(CS)NC(=O)OC(C)(C)C)C(C)(C)C. The first-order chi connectivity index (χ1) is 16.7. The standard InChI is InChI=1S/C27H36ClN3O4S/c1-17-12-11-15-19(28)21(17)30-23(32)22(18-13-9-8-10-14-18)31(26(2,3)4)24(33)20(16-36)29-25(34)35-27(5,6)7/h8-15,20,22,36H,16H2,1-7H3,(H,29,34)(H,30,32). The zero-order chi connectivity index (χ0) is 27.3. The zero-order valence-corrected chi connectivity index (χ0v) is 23.5. The Morgan fingerprint density at radius 2 is 1.61 bits per heavy atom. The molecule has 0 saturated carbocycles. The average Bonchev–Trinajstić information content (AvgIpc) is 2.76. The van der Waals surface area contributed by atoms with E-state index in [0.717, 1.165) is 5.56 Å². The molecule has 7 nitrogen and oxygen atoms in total. The Balaban J connectivity index is 2.53. The van der Waals surface area contributed by atoms with Gasteiger partial charge in [-0.25, -0.2) is 4.79 Å². The maximum atomic E-state index is 13.9. The lowest BCUT2D eigenvalue weighted by molar-refractivity contribution is -0.146. The van der Waals surface area contributed by atoms with Crippen LogP contribution < -0.4 is 10.6 Å². The fourth-order valence-electron chi connectivity index (χ4n) is 3.68. The number of alkyl carbamates (subject to hydrolysis) is 1. The summed E-state index contributed by atoms with van der Waals surface area (Å²) in [6, 6.07) is 12.3. The second kappa shape index (κ2) is 12.0. The minimum atomic E-state index is -1.02. The summed E-state index contributed by atoms with van der Waals surface area (Å²) in [6.45, 7) is 12.5. The summed E-state index contributed by atoms with van der Waals surface area (Å²) in [4.78, 5) is 41.7. The maximum absolute atomic E-state index is 13.9.